The molecule has 0 aliphatic heterocycles. The third kappa shape index (κ3) is 3.64. The molecule has 0 radical (unpaired) electrons. The van der Waals surface area contributed by atoms with Crippen molar-refractivity contribution >= 4 is 17.5 Å². The number of nitrogens with zero attached hydrogens (tertiary/aromatic N) is 2. The highest BCUT2D eigenvalue weighted by molar-refractivity contribution is 6.33. The first-order valence-corrected chi connectivity index (χ1v) is 8.81. The van der Waals surface area contributed by atoms with Crippen molar-refractivity contribution in [3.8, 4) is 16.9 Å². The van der Waals surface area contributed by atoms with Crippen molar-refractivity contribution < 1.29 is 9.21 Å². The molecule has 0 saturated heterocycles. The molecule has 0 fully saturated rings. The first kappa shape index (κ1) is 17.1. The Labute approximate surface area is 161 Å². The molecule has 134 valence electrons. The first-order chi connectivity index (χ1) is 13.2. The minimum absolute atomic E-state index is 0.249. The second-order valence-electron chi connectivity index (χ2n) is 5.90. The van der Waals surface area contributed by atoms with E-state index in [1.54, 1.807) is 29.1 Å². The molecule has 2 aromatic carbocycles. The molecule has 27 heavy (non-hydrogen) atoms. The molecule has 1 amide bonds. The third-order valence-corrected chi connectivity index (χ3v) is 4.43. The second-order valence-corrected chi connectivity index (χ2v) is 6.31. The molecule has 0 saturated carbocycles. The normalized spacial score (nSPS) is 10.7. The number of hydrogen-bond acceptors (Lipinski definition) is 3. The van der Waals surface area contributed by atoms with Crippen molar-refractivity contribution in [3.05, 3.63) is 95.5 Å². The summed E-state index contributed by atoms with van der Waals surface area (Å²) in [5.41, 5.74) is 2.61. The van der Waals surface area contributed by atoms with Gasteiger partial charge in [0.25, 0.3) is 5.91 Å². The number of furan rings is 1. The standard InChI is InChI=1S/C21H16ClN3O2/c22-18-11-5-4-10-17(18)19-13-20(21(26)23-14-16-9-6-12-27-16)25(24-19)15-7-2-1-3-8-15/h1-13H,14H2,(H,23,26). The molecule has 4 aromatic rings. The van der Waals surface area contributed by atoms with Gasteiger partial charge in [0.05, 0.1) is 29.2 Å². The molecule has 0 atom stereocenters. The molecule has 0 spiro atoms. The fraction of sp³-hybridized carbons (Fsp3) is 0.0476. The van der Waals surface area contributed by atoms with Crippen molar-refractivity contribution in [1.29, 1.82) is 0 Å². The predicted octanol–water partition coefficient (Wildman–Crippen LogP) is 4.72. The van der Waals surface area contributed by atoms with E-state index in [0.29, 0.717) is 28.7 Å². The Bertz CT molecular complexity index is 1060. The second kappa shape index (κ2) is 7.51. The Kier molecular flexibility index (Phi) is 4.77. The Hall–Kier alpha value is -3.31. The van der Waals surface area contributed by atoms with Crippen LogP contribution in [-0.4, -0.2) is 15.7 Å². The third-order valence-electron chi connectivity index (χ3n) is 4.10. The summed E-state index contributed by atoms with van der Waals surface area (Å²) in [5.74, 6) is 0.432. The monoisotopic (exact) mass is 377 g/mol. The summed E-state index contributed by atoms with van der Waals surface area (Å²) in [6.45, 7) is 0.299. The highest BCUT2D eigenvalue weighted by Crippen LogP contribution is 2.28. The molecule has 4 rings (SSSR count). The summed E-state index contributed by atoms with van der Waals surface area (Å²) in [5, 5.41) is 8.07. The zero-order valence-electron chi connectivity index (χ0n) is 14.3. The van der Waals surface area contributed by atoms with Crippen molar-refractivity contribution in [2.24, 2.45) is 0 Å². The number of hydrogen-bond donors (Lipinski definition) is 1. The smallest absolute Gasteiger partial charge is 0.270 e. The van der Waals surface area contributed by atoms with Crippen molar-refractivity contribution in [3.63, 3.8) is 0 Å². The summed E-state index contributed by atoms with van der Waals surface area (Å²) in [7, 11) is 0. The molecule has 6 heteroatoms. The van der Waals surface area contributed by atoms with E-state index in [2.05, 4.69) is 10.4 Å². The lowest BCUT2D eigenvalue weighted by atomic mass is 10.1. The van der Waals surface area contributed by atoms with E-state index < -0.39 is 0 Å². The van der Waals surface area contributed by atoms with Gasteiger partial charge >= 0.3 is 0 Å². The van der Waals surface area contributed by atoms with Crippen LogP contribution >= 0.6 is 11.6 Å². The van der Waals surface area contributed by atoms with Gasteiger partial charge in [-0.1, -0.05) is 48.0 Å². The van der Waals surface area contributed by atoms with E-state index in [1.165, 1.54) is 0 Å². The van der Waals surface area contributed by atoms with Crippen LogP contribution in [0.15, 0.2) is 83.5 Å². The van der Waals surface area contributed by atoms with Crippen molar-refractivity contribution in [2.45, 2.75) is 6.54 Å². The Morgan fingerprint density at radius 1 is 1.04 bits per heavy atom. The van der Waals surface area contributed by atoms with E-state index in [9.17, 15) is 4.79 Å². The number of para-hydroxylation sites is 1. The number of carbonyl (C=O) groups excluding carboxylic acids is 1. The summed E-state index contributed by atoms with van der Waals surface area (Å²) in [6.07, 6.45) is 1.57. The molecule has 2 aromatic heterocycles. The average Bonchev–Trinajstić information content (AvgIpc) is 3.37. The first-order valence-electron chi connectivity index (χ1n) is 8.43. The number of rotatable bonds is 5. The lowest BCUT2D eigenvalue weighted by molar-refractivity contribution is 0.0940. The number of halogens is 1. The predicted molar refractivity (Wildman–Crippen MR) is 104 cm³/mol. The lowest BCUT2D eigenvalue weighted by Gasteiger charge is -2.07. The number of amides is 1. The highest BCUT2D eigenvalue weighted by Gasteiger charge is 2.18. The summed E-state index contributed by atoms with van der Waals surface area (Å²) < 4.78 is 6.89. The zero-order valence-corrected chi connectivity index (χ0v) is 15.1. The Morgan fingerprint density at radius 2 is 1.81 bits per heavy atom. The van der Waals surface area contributed by atoms with Crippen LogP contribution in [0.2, 0.25) is 5.02 Å². The van der Waals surface area contributed by atoms with E-state index in [1.807, 2.05) is 54.6 Å². The van der Waals surface area contributed by atoms with Gasteiger partial charge in [-0.05, 0) is 36.4 Å². The van der Waals surface area contributed by atoms with Crippen molar-refractivity contribution in [1.82, 2.24) is 15.1 Å². The largest absolute Gasteiger partial charge is 0.467 e. The molecule has 0 aliphatic carbocycles. The van der Waals surface area contributed by atoms with Crippen LogP contribution in [0.1, 0.15) is 16.2 Å². The number of carbonyl (C=O) groups is 1. The molecule has 2 heterocycles. The van der Waals surface area contributed by atoms with E-state index in [4.69, 9.17) is 16.0 Å². The molecule has 0 bridgehead atoms. The SMILES string of the molecule is O=C(NCc1ccco1)c1cc(-c2ccccc2Cl)nn1-c1ccccc1. The van der Waals surface area contributed by atoms with Gasteiger partial charge in [-0.15, -0.1) is 0 Å². The van der Waals surface area contributed by atoms with Crippen LogP contribution in [0, 0.1) is 0 Å². The maximum atomic E-state index is 12.8. The van der Waals surface area contributed by atoms with Crippen LogP contribution in [0.5, 0.6) is 0 Å². The Morgan fingerprint density at radius 3 is 2.56 bits per heavy atom. The summed E-state index contributed by atoms with van der Waals surface area (Å²) in [4.78, 5) is 12.8. The van der Waals surface area contributed by atoms with Gasteiger partial charge < -0.3 is 9.73 Å². The van der Waals surface area contributed by atoms with Gasteiger partial charge in [-0.3, -0.25) is 4.79 Å². The maximum absolute atomic E-state index is 12.8. The number of aromatic nitrogens is 2. The van der Waals surface area contributed by atoms with Gasteiger partial charge in [0.15, 0.2) is 0 Å². The zero-order chi connectivity index (χ0) is 18.6. The molecular weight excluding hydrogens is 362 g/mol. The minimum atomic E-state index is -0.249. The molecule has 0 unspecified atom stereocenters. The lowest BCUT2D eigenvalue weighted by Crippen LogP contribution is -2.25. The van der Waals surface area contributed by atoms with Gasteiger partial charge in [0, 0.05) is 5.56 Å². The minimum Gasteiger partial charge on any atom is -0.467 e. The van der Waals surface area contributed by atoms with Crippen LogP contribution < -0.4 is 5.32 Å². The van der Waals surface area contributed by atoms with Gasteiger partial charge in [0.1, 0.15) is 11.5 Å². The molecule has 1 N–H and O–H groups in total. The molecule has 5 nitrogen and oxygen atoms in total. The van der Waals surface area contributed by atoms with E-state index in [0.717, 1.165) is 11.3 Å². The van der Waals surface area contributed by atoms with E-state index >= 15 is 0 Å². The van der Waals surface area contributed by atoms with Gasteiger partial charge in [-0.2, -0.15) is 5.10 Å². The maximum Gasteiger partial charge on any atom is 0.270 e. The van der Waals surface area contributed by atoms with E-state index in [-0.39, 0.29) is 5.91 Å². The van der Waals surface area contributed by atoms with Crippen LogP contribution in [0.25, 0.3) is 16.9 Å². The van der Waals surface area contributed by atoms with Crippen LogP contribution in [0.3, 0.4) is 0 Å². The fourth-order valence-corrected chi connectivity index (χ4v) is 3.01. The Balaban J connectivity index is 1.72. The molecule has 0 aliphatic rings. The fourth-order valence-electron chi connectivity index (χ4n) is 2.78. The van der Waals surface area contributed by atoms with Crippen LogP contribution in [0.4, 0.5) is 0 Å². The topological polar surface area (TPSA) is 60.1 Å². The van der Waals surface area contributed by atoms with Crippen molar-refractivity contribution in [2.75, 3.05) is 0 Å². The number of nitrogens with one attached hydrogen (secondary N) is 1. The van der Waals surface area contributed by atoms with Crippen LogP contribution in [-0.2, 0) is 6.54 Å². The summed E-state index contributed by atoms with van der Waals surface area (Å²) >= 11 is 6.31. The average molecular weight is 378 g/mol. The molecular formula is C21H16ClN3O2. The highest BCUT2D eigenvalue weighted by atomic mass is 35.5. The quantitative estimate of drug-likeness (QED) is 0.547. The van der Waals surface area contributed by atoms with Gasteiger partial charge in [0.2, 0.25) is 0 Å². The summed E-state index contributed by atoms with van der Waals surface area (Å²) in [6, 6.07) is 22.3. The number of benzene rings is 2. The van der Waals surface area contributed by atoms with Gasteiger partial charge in [-0.25, -0.2) is 4.68 Å².